The van der Waals surface area contributed by atoms with E-state index >= 15 is 0 Å². The van der Waals surface area contributed by atoms with Crippen molar-refractivity contribution in [1.82, 2.24) is 10.2 Å². The molecule has 114 valence electrons. The van der Waals surface area contributed by atoms with Crippen LogP contribution in [0.3, 0.4) is 0 Å². The lowest BCUT2D eigenvalue weighted by Crippen LogP contribution is -2.39. The molecule has 1 heterocycles. The molecule has 1 saturated carbocycles. The second-order valence-corrected chi connectivity index (χ2v) is 6.38. The summed E-state index contributed by atoms with van der Waals surface area (Å²) < 4.78 is 13.7. The van der Waals surface area contributed by atoms with E-state index in [0.29, 0.717) is 6.04 Å². The quantitative estimate of drug-likeness (QED) is 0.928. The van der Waals surface area contributed by atoms with Gasteiger partial charge in [0.05, 0.1) is 5.56 Å². The van der Waals surface area contributed by atoms with E-state index in [1.807, 2.05) is 6.92 Å². The Morgan fingerprint density at radius 3 is 2.81 bits per heavy atom. The van der Waals surface area contributed by atoms with Crippen molar-refractivity contribution >= 4 is 5.91 Å². The van der Waals surface area contributed by atoms with Crippen LogP contribution in [0.15, 0.2) is 18.2 Å². The Balaban J connectivity index is 1.59. The summed E-state index contributed by atoms with van der Waals surface area (Å²) in [5, 5.41) is 3.00. The zero-order valence-corrected chi connectivity index (χ0v) is 12.6. The minimum Gasteiger partial charge on any atom is -0.348 e. The maximum absolute atomic E-state index is 13.7. The van der Waals surface area contributed by atoms with E-state index in [0.717, 1.165) is 25.1 Å². The molecule has 1 N–H and O–H groups in total. The van der Waals surface area contributed by atoms with Crippen molar-refractivity contribution in [2.75, 3.05) is 13.1 Å². The van der Waals surface area contributed by atoms with Gasteiger partial charge in [0, 0.05) is 25.2 Å². The number of benzene rings is 1. The number of rotatable bonds is 3. The normalized spacial score (nSPS) is 23.6. The Kier molecular flexibility index (Phi) is 4.24. The summed E-state index contributed by atoms with van der Waals surface area (Å²) in [6, 6.07) is 5.52. The second kappa shape index (κ2) is 6.14. The summed E-state index contributed by atoms with van der Waals surface area (Å²) >= 11 is 0. The first-order valence-corrected chi connectivity index (χ1v) is 7.94. The molecule has 1 aliphatic carbocycles. The van der Waals surface area contributed by atoms with Crippen LogP contribution in [0, 0.1) is 12.7 Å². The largest absolute Gasteiger partial charge is 0.348 e. The first-order valence-electron chi connectivity index (χ1n) is 7.94. The highest BCUT2D eigenvalue weighted by molar-refractivity contribution is 5.94. The summed E-state index contributed by atoms with van der Waals surface area (Å²) in [5.74, 6) is -0.724. The van der Waals surface area contributed by atoms with Crippen LogP contribution in [0.2, 0.25) is 0 Å². The Hall–Kier alpha value is -1.42. The molecule has 21 heavy (non-hydrogen) atoms. The van der Waals surface area contributed by atoms with Gasteiger partial charge >= 0.3 is 0 Å². The van der Waals surface area contributed by atoms with Crippen molar-refractivity contribution in [2.24, 2.45) is 0 Å². The number of carbonyl (C=O) groups is 1. The van der Waals surface area contributed by atoms with Crippen LogP contribution in [0.5, 0.6) is 0 Å². The van der Waals surface area contributed by atoms with Crippen LogP contribution in [0.25, 0.3) is 0 Å². The minimum atomic E-state index is -0.441. The first kappa shape index (κ1) is 14.5. The Labute approximate surface area is 125 Å². The van der Waals surface area contributed by atoms with Gasteiger partial charge in [0.1, 0.15) is 5.82 Å². The predicted molar refractivity (Wildman–Crippen MR) is 80.8 cm³/mol. The smallest absolute Gasteiger partial charge is 0.254 e. The lowest BCUT2D eigenvalue weighted by Gasteiger charge is -2.23. The second-order valence-electron chi connectivity index (χ2n) is 6.38. The fourth-order valence-corrected chi connectivity index (χ4v) is 3.58. The van der Waals surface area contributed by atoms with Crippen LogP contribution in [0.4, 0.5) is 4.39 Å². The average Bonchev–Trinajstić information content (AvgIpc) is 3.11. The average molecular weight is 290 g/mol. The third-order valence-corrected chi connectivity index (χ3v) is 4.76. The number of carbonyl (C=O) groups excluding carboxylic acids is 1. The van der Waals surface area contributed by atoms with Crippen LogP contribution in [0.1, 0.15) is 48.0 Å². The lowest BCUT2D eigenvalue weighted by molar-refractivity contribution is 0.0932. The number of likely N-dealkylation sites (tertiary alicyclic amines) is 1. The maximum Gasteiger partial charge on any atom is 0.254 e. The van der Waals surface area contributed by atoms with Crippen molar-refractivity contribution in [3.05, 3.63) is 35.1 Å². The zero-order valence-electron chi connectivity index (χ0n) is 12.6. The molecule has 0 radical (unpaired) electrons. The monoisotopic (exact) mass is 290 g/mol. The third kappa shape index (κ3) is 3.26. The summed E-state index contributed by atoms with van der Waals surface area (Å²) in [6.45, 7) is 3.82. The van der Waals surface area contributed by atoms with Crippen LogP contribution < -0.4 is 5.32 Å². The van der Waals surface area contributed by atoms with Crippen LogP contribution in [-0.4, -0.2) is 36.0 Å². The molecule has 0 spiro atoms. The zero-order chi connectivity index (χ0) is 14.8. The number of nitrogens with zero attached hydrogens (tertiary/aromatic N) is 1. The number of nitrogens with one attached hydrogen (secondary N) is 1. The molecule has 1 amide bonds. The van der Waals surface area contributed by atoms with E-state index in [2.05, 4.69) is 10.2 Å². The molecule has 1 unspecified atom stereocenters. The molecule has 1 aromatic carbocycles. The number of hydrogen-bond acceptors (Lipinski definition) is 2. The van der Waals surface area contributed by atoms with Gasteiger partial charge in [-0.05, 0) is 38.3 Å². The van der Waals surface area contributed by atoms with Crippen molar-refractivity contribution in [1.29, 1.82) is 0 Å². The summed E-state index contributed by atoms with van der Waals surface area (Å²) in [7, 11) is 0. The first-order chi connectivity index (χ1) is 10.1. The number of amides is 1. The highest BCUT2D eigenvalue weighted by Gasteiger charge is 2.30. The Bertz CT molecular complexity index is 526. The van der Waals surface area contributed by atoms with Crippen molar-refractivity contribution in [2.45, 2.75) is 51.1 Å². The fourth-order valence-electron chi connectivity index (χ4n) is 3.58. The van der Waals surface area contributed by atoms with Crippen molar-refractivity contribution in [3.63, 3.8) is 0 Å². The maximum atomic E-state index is 13.7. The van der Waals surface area contributed by atoms with E-state index in [-0.39, 0.29) is 17.5 Å². The van der Waals surface area contributed by atoms with E-state index < -0.39 is 5.82 Å². The van der Waals surface area contributed by atoms with Crippen LogP contribution in [-0.2, 0) is 0 Å². The van der Waals surface area contributed by atoms with Gasteiger partial charge in [-0.1, -0.05) is 24.5 Å². The molecular weight excluding hydrogens is 267 g/mol. The molecule has 1 aromatic rings. The van der Waals surface area contributed by atoms with Gasteiger partial charge in [0.25, 0.3) is 5.91 Å². The summed E-state index contributed by atoms with van der Waals surface area (Å²) in [4.78, 5) is 14.7. The molecular formula is C17H23FN2O. The topological polar surface area (TPSA) is 32.3 Å². The molecule has 1 saturated heterocycles. The van der Waals surface area contributed by atoms with Gasteiger partial charge in [0.15, 0.2) is 0 Å². The minimum absolute atomic E-state index is 0.151. The van der Waals surface area contributed by atoms with Gasteiger partial charge < -0.3 is 5.32 Å². The summed E-state index contributed by atoms with van der Waals surface area (Å²) in [6.07, 6.45) is 6.19. The third-order valence-electron chi connectivity index (χ3n) is 4.76. The van der Waals surface area contributed by atoms with E-state index in [4.69, 9.17) is 0 Å². The molecule has 4 heteroatoms. The molecule has 3 nitrogen and oxygen atoms in total. The number of hydrogen-bond donors (Lipinski definition) is 1. The van der Waals surface area contributed by atoms with Crippen molar-refractivity contribution < 1.29 is 9.18 Å². The predicted octanol–water partition coefficient (Wildman–Crippen LogP) is 2.88. The summed E-state index contributed by atoms with van der Waals surface area (Å²) in [5.41, 5.74) is 1.06. The highest BCUT2D eigenvalue weighted by atomic mass is 19.1. The van der Waals surface area contributed by atoms with E-state index in [1.54, 1.807) is 12.1 Å². The molecule has 3 rings (SSSR count). The molecule has 0 aromatic heterocycles. The molecule has 1 atom stereocenters. The fraction of sp³-hybridized carbons (Fsp3) is 0.588. The standard InChI is InChI=1S/C17H23FN2O/c1-12-6-7-16(18)15(10-12)17(21)19-13-8-9-20(11-13)14-4-2-3-5-14/h6-7,10,13-14H,2-5,8-9,11H2,1H3,(H,19,21). The van der Waals surface area contributed by atoms with E-state index in [1.165, 1.54) is 31.7 Å². The van der Waals surface area contributed by atoms with Gasteiger partial charge in [-0.2, -0.15) is 0 Å². The molecule has 2 aliphatic rings. The molecule has 2 fully saturated rings. The van der Waals surface area contributed by atoms with Gasteiger partial charge in [-0.25, -0.2) is 4.39 Å². The van der Waals surface area contributed by atoms with Gasteiger partial charge in [0.2, 0.25) is 0 Å². The number of aryl methyl sites for hydroxylation is 1. The number of halogens is 1. The molecule has 0 bridgehead atoms. The van der Waals surface area contributed by atoms with Gasteiger partial charge in [-0.3, -0.25) is 9.69 Å². The highest BCUT2D eigenvalue weighted by Crippen LogP contribution is 2.26. The Morgan fingerprint density at radius 1 is 1.29 bits per heavy atom. The van der Waals surface area contributed by atoms with Crippen LogP contribution >= 0.6 is 0 Å². The van der Waals surface area contributed by atoms with Crippen molar-refractivity contribution in [3.8, 4) is 0 Å². The Morgan fingerprint density at radius 2 is 2.05 bits per heavy atom. The SMILES string of the molecule is Cc1ccc(F)c(C(=O)NC2CCN(C3CCCC3)C2)c1. The lowest BCUT2D eigenvalue weighted by atomic mass is 10.1. The molecule has 1 aliphatic heterocycles. The van der Waals surface area contributed by atoms with E-state index in [9.17, 15) is 9.18 Å². The van der Waals surface area contributed by atoms with Gasteiger partial charge in [-0.15, -0.1) is 0 Å².